The highest BCUT2D eigenvalue weighted by Crippen LogP contribution is 2.20. The predicted octanol–water partition coefficient (Wildman–Crippen LogP) is 2.27. The van der Waals surface area contributed by atoms with E-state index in [-0.39, 0.29) is 11.7 Å². The minimum Gasteiger partial charge on any atom is -0.378 e. The summed E-state index contributed by atoms with van der Waals surface area (Å²) in [5, 5.41) is 2.75. The first kappa shape index (κ1) is 13.4. The molecule has 18 heavy (non-hydrogen) atoms. The van der Waals surface area contributed by atoms with Crippen LogP contribution in [0.5, 0.6) is 0 Å². The fourth-order valence-corrected chi connectivity index (χ4v) is 2.25. The van der Waals surface area contributed by atoms with Crippen molar-refractivity contribution in [2.24, 2.45) is 5.92 Å². The first-order chi connectivity index (χ1) is 8.58. The molecule has 1 aromatic rings. The van der Waals surface area contributed by atoms with Crippen LogP contribution >= 0.6 is 12.6 Å². The molecule has 2 rings (SSSR count). The van der Waals surface area contributed by atoms with Crippen molar-refractivity contribution in [1.29, 1.82) is 0 Å². The standard InChI is InChI=1S/C13H16FNO2S/c1-8-9(4-5-17-8)7-15-13(16)11-6-10(18)2-3-12(11)14/h2-3,6,8-9,18H,4-5,7H2,1H3,(H,15,16). The van der Waals surface area contributed by atoms with Gasteiger partial charge in [0.2, 0.25) is 0 Å². The Morgan fingerprint density at radius 3 is 3.06 bits per heavy atom. The Kier molecular flexibility index (Phi) is 4.24. The van der Waals surface area contributed by atoms with E-state index >= 15 is 0 Å². The molecular formula is C13H16FNO2S. The summed E-state index contributed by atoms with van der Waals surface area (Å²) < 4.78 is 18.9. The van der Waals surface area contributed by atoms with Crippen LogP contribution in [0.4, 0.5) is 4.39 Å². The molecule has 1 aliphatic heterocycles. The van der Waals surface area contributed by atoms with Gasteiger partial charge in [0.1, 0.15) is 5.82 Å². The summed E-state index contributed by atoms with van der Waals surface area (Å²) in [5.74, 6) is -0.625. The molecule has 1 aliphatic rings. The van der Waals surface area contributed by atoms with Crippen LogP contribution in [0.15, 0.2) is 23.1 Å². The SMILES string of the molecule is CC1OCCC1CNC(=O)c1cc(S)ccc1F. The van der Waals surface area contributed by atoms with E-state index in [0.717, 1.165) is 13.0 Å². The van der Waals surface area contributed by atoms with E-state index in [9.17, 15) is 9.18 Å². The number of hydrogen-bond donors (Lipinski definition) is 2. The van der Waals surface area contributed by atoms with Crippen molar-refractivity contribution in [2.45, 2.75) is 24.3 Å². The van der Waals surface area contributed by atoms with Crippen molar-refractivity contribution in [3.63, 3.8) is 0 Å². The molecule has 0 aromatic heterocycles. The first-order valence-corrected chi connectivity index (χ1v) is 6.41. The van der Waals surface area contributed by atoms with E-state index in [0.29, 0.717) is 17.4 Å². The van der Waals surface area contributed by atoms with Gasteiger partial charge in [-0.2, -0.15) is 0 Å². The second-order valence-corrected chi connectivity index (χ2v) is 5.02. The molecule has 2 atom stereocenters. The lowest BCUT2D eigenvalue weighted by atomic mass is 10.0. The summed E-state index contributed by atoms with van der Waals surface area (Å²) in [5.41, 5.74) is 0.0362. The lowest BCUT2D eigenvalue weighted by Crippen LogP contribution is -2.32. The molecule has 1 amide bonds. The zero-order chi connectivity index (χ0) is 13.1. The Morgan fingerprint density at radius 2 is 2.39 bits per heavy atom. The van der Waals surface area contributed by atoms with Crippen molar-refractivity contribution < 1.29 is 13.9 Å². The normalized spacial score (nSPS) is 23.1. The number of nitrogens with one attached hydrogen (secondary N) is 1. The number of halogens is 1. The number of carbonyl (C=O) groups excluding carboxylic acids is 1. The maximum absolute atomic E-state index is 13.5. The van der Waals surface area contributed by atoms with E-state index in [4.69, 9.17) is 4.74 Å². The van der Waals surface area contributed by atoms with Crippen LogP contribution < -0.4 is 5.32 Å². The largest absolute Gasteiger partial charge is 0.378 e. The van der Waals surface area contributed by atoms with E-state index in [1.807, 2.05) is 6.92 Å². The Bertz CT molecular complexity index is 453. The van der Waals surface area contributed by atoms with Crippen LogP contribution in [-0.2, 0) is 4.74 Å². The van der Waals surface area contributed by atoms with Crippen LogP contribution in [-0.4, -0.2) is 25.2 Å². The number of thiol groups is 1. The Balaban J connectivity index is 1.97. The molecule has 1 fully saturated rings. The Hall–Kier alpha value is -1.07. The second kappa shape index (κ2) is 5.71. The third-order valence-electron chi connectivity index (χ3n) is 3.25. The van der Waals surface area contributed by atoms with Crippen molar-refractivity contribution in [1.82, 2.24) is 5.32 Å². The summed E-state index contributed by atoms with van der Waals surface area (Å²) in [6.45, 7) is 3.22. The highest BCUT2D eigenvalue weighted by atomic mass is 32.1. The monoisotopic (exact) mass is 269 g/mol. The molecule has 1 N–H and O–H groups in total. The quantitative estimate of drug-likeness (QED) is 0.826. The second-order valence-electron chi connectivity index (χ2n) is 4.50. The predicted molar refractivity (Wildman–Crippen MR) is 69.5 cm³/mol. The van der Waals surface area contributed by atoms with E-state index in [1.165, 1.54) is 18.2 Å². The summed E-state index contributed by atoms with van der Waals surface area (Å²) >= 11 is 4.10. The molecule has 0 saturated carbocycles. The van der Waals surface area contributed by atoms with Gasteiger partial charge in [-0.25, -0.2) is 4.39 Å². The number of carbonyl (C=O) groups is 1. The smallest absolute Gasteiger partial charge is 0.254 e. The van der Waals surface area contributed by atoms with Gasteiger partial charge >= 0.3 is 0 Å². The van der Waals surface area contributed by atoms with E-state index < -0.39 is 11.7 Å². The van der Waals surface area contributed by atoms with Gasteiger partial charge in [-0.15, -0.1) is 12.6 Å². The van der Waals surface area contributed by atoms with Gasteiger partial charge in [0.15, 0.2) is 0 Å². The zero-order valence-corrected chi connectivity index (χ0v) is 11.0. The van der Waals surface area contributed by atoms with Crippen molar-refractivity contribution in [2.75, 3.05) is 13.2 Å². The average molecular weight is 269 g/mol. The molecule has 0 spiro atoms. The highest BCUT2D eigenvalue weighted by Gasteiger charge is 2.24. The van der Waals surface area contributed by atoms with Crippen molar-refractivity contribution in [3.8, 4) is 0 Å². The Labute approximate surface area is 111 Å². The fourth-order valence-electron chi connectivity index (χ4n) is 2.05. The number of amides is 1. The molecule has 1 aromatic carbocycles. The molecule has 2 unspecified atom stereocenters. The van der Waals surface area contributed by atoms with Gasteiger partial charge in [-0.3, -0.25) is 4.79 Å². The topological polar surface area (TPSA) is 38.3 Å². The summed E-state index contributed by atoms with van der Waals surface area (Å²) in [6, 6.07) is 4.20. The molecule has 1 heterocycles. The molecule has 0 aliphatic carbocycles. The molecule has 5 heteroatoms. The van der Waals surface area contributed by atoms with Crippen LogP contribution in [0, 0.1) is 11.7 Å². The maximum Gasteiger partial charge on any atom is 0.254 e. The minimum atomic E-state index is -0.527. The van der Waals surface area contributed by atoms with Crippen molar-refractivity contribution >= 4 is 18.5 Å². The van der Waals surface area contributed by atoms with Crippen LogP contribution in [0.3, 0.4) is 0 Å². The number of hydrogen-bond acceptors (Lipinski definition) is 3. The summed E-state index contributed by atoms with van der Waals surface area (Å²) in [4.78, 5) is 12.4. The molecule has 3 nitrogen and oxygen atoms in total. The first-order valence-electron chi connectivity index (χ1n) is 5.96. The van der Waals surface area contributed by atoms with E-state index in [2.05, 4.69) is 17.9 Å². The number of rotatable bonds is 3. The Morgan fingerprint density at radius 1 is 1.61 bits per heavy atom. The lowest BCUT2D eigenvalue weighted by molar-refractivity contribution is 0.0904. The van der Waals surface area contributed by atoms with Gasteiger partial charge < -0.3 is 10.1 Å². The third kappa shape index (κ3) is 3.03. The average Bonchev–Trinajstić information content (AvgIpc) is 2.75. The zero-order valence-electron chi connectivity index (χ0n) is 10.1. The molecular weight excluding hydrogens is 253 g/mol. The minimum absolute atomic E-state index is 0.0362. The maximum atomic E-state index is 13.5. The third-order valence-corrected chi connectivity index (χ3v) is 3.53. The van der Waals surface area contributed by atoms with Crippen LogP contribution in [0.25, 0.3) is 0 Å². The number of ether oxygens (including phenoxy) is 1. The lowest BCUT2D eigenvalue weighted by Gasteiger charge is -2.15. The van der Waals surface area contributed by atoms with Gasteiger partial charge in [0.05, 0.1) is 11.7 Å². The van der Waals surface area contributed by atoms with Gasteiger partial charge in [0, 0.05) is 24.0 Å². The molecule has 1 saturated heterocycles. The van der Waals surface area contributed by atoms with Crippen molar-refractivity contribution in [3.05, 3.63) is 29.6 Å². The summed E-state index contributed by atoms with van der Waals surface area (Å²) in [7, 11) is 0. The molecule has 98 valence electrons. The molecule has 0 radical (unpaired) electrons. The van der Waals surface area contributed by atoms with Gasteiger partial charge in [-0.05, 0) is 31.5 Å². The number of benzene rings is 1. The molecule has 0 bridgehead atoms. The van der Waals surface area contributed by atoms with Crippen LogP contribution in [0.1, 0.15) is 23.7 Å². The highest BCUT2D eigenvalue weighted by molar-refractivity contribution is 7.80. The van der Waals surface area contributed by atoms with Gasteiger partial charge in [-0.1, -0.05) is 0 Å². The van der Waals surface area contributed by atoms with Crippen LogP contribution in [0.2, 0.25) is 0 Å². The fraction of sp³-hybridized carbons (Fsp3) is 0.462. The van der Waals surface area contributed by atoms with E-state index in [1.54, 1.807) is 0 Å². The summed E-state index contributed by atoms with van der Waals surface area (Å²) in [6.07, 6.45) is 1.07. The van der Waals surface area contributed by atoms with Gasteiger partial charge in [0.25, 0.3) is 5.91 Å².